The molecule has 35 heavy (non-hydrogen) atoms. The lowest BCUT2D eigenvalue weighted by Gasteiger charge is -2.25. The number of carbonyl (C=O) groups is 1. The second-order valence-corrected chi connectivity index (χ2v) is 8.96. The molecule has 0 spiro atoms. The lowest BCUT2D eigenvalue weighted by atomic mass is 9.96. The van der Waals surface area contributed by atoms with Gasteiger partial charge in [0.1, 0.15) is 11.8 Å². The molecule has 0 aliphatic carbocycles. The van der Waals surface area contributed by atoms with Crippen molar-refractivity contribution in [3.05, 3.63) is 58.0 Å². The molecule has 11 heteroatoms. The number of rotatable bonds is 7. The summed E-state index contributed by atoms with van der Waals surface area (Å²) in [5.74, 6) is -0.916. The summed E-state index contributed by atoms with van der Waals surface area (Å²) < 4.78 is 9.26. The Morgan fingerprint density at radius 1 is 1.40 bits per heavy atom. The highest BCUT2D eigenvalue weighted by Gasteiger charge is 2.31. The van der Waals surface area contributed by atoms with E-state index in [4.69, 9.17) is 27.3 Å². The number of nitrogens with two attached hydrogens (primary N) is 1. The molecule has 1 amide bonds. The molecule has 0 bridgehead atoms. The molecule has 4 rings (SSSR count). The first kappa shape index (κ1) is 24.4. The predicted molar refractivity (Wildman–Crippen MR) is 129 cm³/mol. The monoisotopic (exact) mass is 495 g/mol. The summed E-state index contributed by atoms with van der Waals surface area (Å²) in [6.45, 7) is 4.58. The average Bonchev–Trinajstić information content (AvgIpc) is 3.49. The third-order valence-electron chi connectivity index (χ3n) is 6.08. The van der Waals surface area contributed by atoms with Gasteiger partial charge in [0.05, 0.1) is 22.0 Å². The molecule has 10 nitrogen and oxygen atoms in total. The highest BCUT2D eigenvalue weighted by molar-refractivity contribution is 6.32. The number of hydrogen-bond acceptors (Lipinski definition) is 7. The van der Waals surface area contributed by atoms with E-state index in [9.17, 15) is 10.0 Å². The molecular formula is C24H26ClN7O3. The van der Waals surface area contributed by atoms with Crippen molar-refractivity contribution in [3.63, 3.8) is 0 Å². The molecule has 1 aromatic carbocycles. The zero-order chi connectivity index (χ0) is 25.1. The topological polar surface area (TPSA) is 144 Å². The van der Waals surface area contributed by atoms with Crippen LogP contribution in [0.3, 0.4) is 0 Å². The fourth-order valence-corrected chi connectivity index (χ4v) is 4.61. The molecular weight excluding hydrogens is 470 g/mol. The maximum Gasteiger partial charge on any atom is 0.269 e. The summed E-state index contributed by atoms with van der Waals surface area (Å²) >= 11 is 6.17. The van der Waals surface area contributed by atoms with E-state index < -0.39 is 5.91 Å². The summed E-state index contributed by atoms with van der Waals surface area (Å²) in [7, 11) is 0. The van der Waals surface area contributed by atoms with E-state index in [1.54, 1.807) is 34.5 Å². The Kier molecular flexibility index (Phi) is 7.19. The molecule has 1 saturated heterocycles. The van der Waals surface area contributed by atoms with Gasteiger partial charge in [0.15, 0.2) is 11.9 Å². The van der Waals surface area contributed by atoms with Crippen LogP contribution in [0.25, 0.3) is 11.3 Å². The van der Waals surface area contributed by atoms with Crippen LogP contribution in [0.2, 0.25) is 5.02 Å². The largest absolute Gasteiger partial charge is 0.411 e. The van der Waals surface area contributed by atoms with Gasteiger partial charge in [0, 0.05) is 36.4 Å². The number of halogens is 1. The first-order chi connectivity index (χ1) is 16.8. The molecule has 3 aromatic rings. The molecule has 1 fully saturated rings. The van der Waals surface area contributed by atoms with E-state index in [-0.39, 0.29) is 17.8 Å². The van der Waals surface area contributed by atoms with E-state index in [1.165, 1.54) is 0 Å². The highest BCUT2D eigenvalue weighted by atomic mass is 35.5. The van der Waals surface area contributed by atoms with Crippen molar-refractivity contribution in [2.75, 3.05) is 6.61 Å². The minimum absolute atomic E-state index is 0.121. The standard InChI is InChI=1S/C24H26ClN7O3/c1-14(13-31-9-8-19(28-31)16-6-7-17(12-26)18(25)11-16)21-22(24(27)33)29-32(23(21)15(2)30-34)20-5-3-4-10-35-20/h6-9,11,14,20,34H,3-5,10,13H2,1-2H3,(H2,27,33)/b30-15-/t14-,20?/m1/s1. The van der Waals surface area contributed by atoms with Crippen molar-refractivity contribution in [1.29, 1.82) is 5.26 Å². The first-order valence-corrected chi connectivity index (χ1v) is 11.7. The van der Waals surface area contributed by atoms with Crippen LogP contribution in [-0.4, -0.2) is 43.0 Å². The molecule has 3 N–H and O–H groups in total. The summed E-state index contributed by atoms with van der Waals surface area (Å²) in [6, 6.07) is 9.04. The summed E-state index contributed by atoms with van der Waals surface area (Å²) in [5, 5.41) is 31.6. The van der Waals surface area contributed by atoms with Gasteiger partial charge in [0.2, 0.25) is 0 Å². The Bertz CT molecular complexity index is 1320. The van der Waals surface area contributed by atoms with Crippen LogP contribution >= 0.6 is 11.6 Å². The van der Waals surface area contributed by atoms with Gasteiger partial charge < -0.3 is 15.7 Å². The van der Waals surface area contributed by atoms with Crippen molar-refractivity contribution in [2.45, 2.75) is 51.8 Å². The van der Waals surface area contributed by atoms with Crippen LogP contribution in [-0.2, 0) is 11.3 Å². The first-order valence-electron chi connectivity index (χ1n) is 11.3. The average molecular weight is 496 g/mol. The lowest BCUT2D eigenvalue weighted by molar-refractivity contribution is -0.0399. The third-order valence-corrected chi connectivity index (χ3v) is 6.39. The number of ether oxygens (including phenoxy) is 1. The second-order valence-electron chi connectivity index (χ2n) is 8.56. The van der Waals surface area contributed by atoms with Crippen LogP contribution in [0.5, 0.6) is 0 Å². The lowest BCUT2D eigenvalue weighted by Crippen LogP contribution is -2.23. The zero-order valence-corrected chi connectivity index (χ0v) is 20.2. The van der Waals surface area contributed by atoms with E-state index in [2.05, 4.69) is 15.4 Å². The summed E-state index contributed by atoms with van der Waals surface area (Å²) in [6.07, 6.45) is 4.11. The smallest absolute Gasteiger partial charge is 0.269 e. The molecule has 1 aliphatic rings. The Hall–Kier alpha value is -3.68. The number of aromatic nitrogens is 4. The van der Waals surface area contributed by atoms with Gasteiger partial charge in [-0.15, -0.1) is 0 Å². The fraction of sp³-hybridized carbons (Fsp3) is 0.375. The number of oxime groups is 1. The summed E-state index contributed by atoms with van der Waals surface area (Å²) in [5.41, 5.74) is 9.11. The normalized spacial score (nSPS) is 17.2. The molecule has 2 aromatic heterocycles. The number of nitriles is 1. The van der Waals surface area contributed by atoms with Crippen molar-refractivity contribution < 1.29 is 14.7 Å². The highest BCUT2D eigenvalue weighted by Crippen LogP contribution is 2.32. The molecule has 1 aliphatic heterocycles. The van der Waals surface area contributed by atoms with Gasteiger partial charge in [-0.05, 0) is 44.4 Å². The fourth-order valence-electron chi connectivity index (χ4n) is 4.38. The van der Waals surface area contributed by atoms with E-state index >= 15 is 0 Å². The van der Waals surface area contributed by atoms with E-state index in [0.29, 0.717) is 46.4 Å². The Morgan fingerprint density at radius 2 is 2.20 bits per heavy atom. The SMILES string of the molecule is C/C(=N/O)c1c([C@H](C)Cn2ccc(-c3ccc(C#N)c(Cl)c3)n2)c(C(N)=O)nn1C1CCCCO1. The molecule has 2 atom stereocenters. The second kappa shape index (κ2) is 10.3. The number of benzene rings is 1. The molecule has 0 saturated carbocycles. The number of carbonyl (C=O) groups excluding carboxylic acids is 1. The molecule has 182 valence electrons. The van der Waals surface area contributed by atoms with Gasteiger partial charge >= 0.3 is 0 Å². The van der Waals surface area contributed by atoms with Gasteiger partial charge in [0.25, 0.3) is 5.91 Å². The van der Waals surface area contributed by atoms with E-state index in [1.807, 2.05) is 25.3 Å². The van der Waals surface area contributed by atoms with Gasteiger partial charge in [-0.2, -0.15) is 15.5 Å². The molecule has 0 radical (unpaired) electrons. The molecule has 1 unspecified atom stereocenters. The van der Waals surface area contributed by atoms with Crippen molar-refractivity contribution >= 4 is 23.2 Å². The number of amides is 1. The van der Waals surface area contributed by atoms with Crippen LogP contribution in [0.15, 0.2) is 35.6 Å². The van der Waals surface area contributed by atoms with Crippen LogP contribution in [0.1, 0.15) is 72.6 Å². The minimum Gasteiger partial charge on any atom is -0.411 e. The van der Waals surface area contributed by atoms with Crippen molar-refractivity contribution in [2.24, 2.45) is 10.9 Å². The van der Waals surface area contributed by atoms with Gasteiger partial charge in [-0.3, -0.25) is 9.48 Å². The number of nitrogens with zero attached hydrogens (tertiary/aromatic N) is 6. The quantitative estimate of drug-likeness (QED) is 0.287. The number of hydrogen-bond donors (Lipinski definition) is 2. The van der Waals surface area contributed by atoms with Crippen LogP contribution < -0.4 is 5.73 Å². The van der Waals surface area contributed by atoms with Crippen LogP contribution in [0, 0.1) is 11.3 Å². The Morgan fingerprint density at radius 3 is 2.83 bits per heavy atom. The Balaban J connectivity index is 1.68. The van der Waals surface area contributed by atoms with Gasteiger partial charge in [-0.25, -0.2) is 4.68 Å². The zero-order valence-electron chi connectivity index (χ0n) is 19.5. The third kappa shape index (κ3) is 4.92. The van der Waals surface area contributed by atoms with Gasteiger partial charge in [-0.1, -0.05) is 29.7 Å². The van der Waals surface area contributed by atoms with Crippen molar-refractivity contribution in [1.82, 2.24) is 19.6 Å². The summed E-state index contributed by atoms with van der Waals surface area (Å²) in [4.78, 5) is 12.4. The Labute approximate surface area is 207 Å². The maximum atomic E-state index is 12.4. The van der Waals surface area contributed by atoms with Crippen molar-refractivity contribution in [3.8, 4) is 17.3 Å². The predicted octanol–water partition coefficient (Wildman–Crippen LogP) is 4.07. The molecule has 3 heterocycles. The number of primary amides is 1. The maximum absolute atomic E-state index is 12.4. The van der Waals surface area contributed by atoms with Crippen LogP contribution in [0.4, 0.5) is 0 Å². The minimum atomic E-state index is -0.665. The van der Waals surface area contributed by atoms with E-state index in [0.717, 1.165) is 24.8 Å².